The number of carbonyl (C=O) groups excluding carboxylic acids is 1. The molecule has 0 aromatic heterocycles. The van der Waals surface area contributed by atoms with E-state index in [0.717, 1.165) is 18.5 Å². The first kappa shape index (κ1) is 8.75. The molecule has 3 heteroatoms. The van der Waals surface area contributed by atoms with Crippen LogP contribution in [0, 0.1) is 17.8 Å². The minimum absolute atomic E-state index is 0.0496. The van der Waals surface area contributed by atoms with Gasteiger partial charge in [0.05, 0.1) is 19.1 Å². The zero-order valence-corrected chi connectivity index (χ0v) is 7.90. The third-order valence-electron chi connectivity index (χ3n) is 3.08. The second-order valence-electron chi connectivity index (χ2n) is 3.69. The number of allylic oxidation sites excluding steroid dienone is 1. The van der Waals surface area contributed by atoms with Crippen molar-refractivity contribution in [3.63, 3.8) is 0 Å². The van der Waals surface area contributed by atoms with Crippen molar-refractivity contribution in [2.75, 3.05) is 14.2 Å². The second-order valence-corrected chi connectivity index (χ2v) is 3.69. The van der Waals surface area contributed by atoms with Gasteiger partial charge in [0.25, 0.3) is 0 Å². The molecule has 0 radical (unpaired) electrons. The maximum atomic E-state index is 10.7. The van der Waals surface area contributed by atoms with E-state index in [2.05, 4.69) is 0 Å². The maximum absolute atomic E-state index is 10.7. The van der Waals surface area contributed by atoms with Gasteiger partial charge in [0.15, 0.2) is 0 Å². The summed E-state index contributed by atoms with van der Waals surface area (Å²) in [6.45, 7) is 0. The molecule has 0 aliphatic heterocycles. The van der Waals surface area contributed by atoms with Crippen molar-refractivity contribution < 1.29 is 14.3 Å². The van der Waals surface area contributed by atoms with Crippen LogP contribution in [0.1, 0.15) is 6.42 Å². The van der Waals surface area contributed by atoms with Gasteiger partial charge in [-0.3, -0.25) is 0 Å². The summed E-state index contributed by atoms with van der Waals surface area (Å²) < 4.78 is 10.4. The third-order valence-corrected chi connectivity index (χ3v) is 3.08. The zero-order chi connectivity index (χ0) is 9.42. The fourth-order valence-corrected chi connectivity index (χ4v) is 2.27. The lowest BCUT2D eigenvalue weighted by atomic mass is 9.95. The molecule has 0 N–H and O–H groups in total. The van der Waals surface area contributed by atoms with E-state index in [1.165, 1.54) is 0 Å². The monoisotopic (exact) mass is 182 g/mol. The molecule has 0 spiro atoms. The van der Waals surface area contributed by atoms with Gasteiger partial charge in [-0.1, -0.05) is 0 Å². The Hall–Kier alpha value is -0.830. The molecule has 2 aliphatic rings. The van der Waals surface area contributed by atoms with Gasteiger partial charge in [0.2, 0.25) is 0 Å². The molecule has 13 heavy (non-hydrogen) atoms. The number of rotatable bonds is 3. The molecule has 0 aromatic rings. The van der Waals surface area contributed by atoms with Crippen molar-refractivity contribution in [3.8, 4) is 0 Å². The van der Waals surface area contributed by atoms with Crippen LogP contribution in [-0.4, -0.2) is 26.6 Å². The summed E-state index contributed by atoms with van der Waals surface area (Å²) in [6, 6.07) is 0. The van der Waals surface area contributed by atoms with Crippen molar-refractivity contribution in [3.05, 3.63) is 11.8 Å². The molecule has 0 bridgehead atoms. The van der Waals surface area contributed by atoms with Crippen LogP contribution in [0.15, 0.2) is 11.8 Å². The van der Waals surface area contributed by atoms with E-state index < -0.39 is 0 Å². The van der Waals surface area contributed by atoms with Gasteiger partial charge in [-0.25, -0.2) is 0 Å². The van der Waals surface area contributed by atoms with Crippen LogP contribution in [0.3, 0.4) is 0 Å². The summed E-state index contributed by atoms with van der Waals surface area (Å²) in [4.78, 5) is 10.7. The first-order valence-electron chi connectivity index (χ1n) is 4.55. The van der Waals surface area contributed by atoms with Gasteiger partial charge < -0.3 is 14.3 Å². The number of methoxy groups -OCH3 is 2. The van der Waals surface area contributed by atoms with Crippen LogP contribution in [0.25, 0.3) is 0 Å². The van der Waals surface area contributed by atoms with Crippen molar-refractivity contribution in [2.45, 2.75) is 12.5 Å². The average molecular weight is 182 g/mol. The van der Waals surface area contributed by atoms with Crippen LogP contribution >= 0.6 is 0 Å². The Balaban J connectivity index is 2.12. The van der Waals surface area contributed by atoms with E-state index >= 15 is 0 Å². The summed E-state index contributed by atoms with van der Waals surface area (Å²) in [6.07, 6.45) is 4.21. The van der Waals surface area contributed by atoms with E-state index in [1.807, 2.05) is 6.08 Å². The number of carbonyl (C=O) groups is 1. The van der Waals surface area contributed by atoms with Gasteiger partial charge in [-0.15, -0.1) is 0 Å². The van der Waals surface area contributed by atoms with Crippen molar-refractivity contribution in [2.24, 2.45) is 17.8 Å². The van der Waals surface area contributed by atoms with E-state index in [9.17, 15) is 4.79 Å². The quantitative estimate of drug-likeness (QED) is 0.611. The Labute approximate surface area is 77.7 Å². The van der Waals surface area contributed by atoms with Crippen LogP contribution in [0.4, 0.5) is 0 Å². The van der Waals surface area contributed by atoms with E-state index in [1.54, 1.807) is 14.2 Å². The largest absolute Gasteiger partial charge is 0.501 e. The lowest BCUT2D eigenvalue weighted by Gasteiger charge is -2.16. The number of ether oxygens (including phenoxy) is 2. The number of hydrogen-bond acceptors (Lipinski definition) is 3. The second kappa shape index (κ2) is 3.14. The highest BCUT2D eigenvalue weighted by Gasteiger charge is 2.53. The predicted molar refractivity (Wildman–Crippen MR) is 47.0 cm³/mol. The SMILES string of the molecule is COC1=C[C@H]2[C@@H](C[C@H]1C=O)[C@H]2OC. The number of aldehydes is 1. The lowest BCUT2D eigenvalue weighted by molar-refractivity contribution is -0.111. The molecule has 2 aliphatic carbocycles. The molecule has 1 saturated carbocycles. The number of hydrogen-bond donors (Lipinski definition) is 0. The molecule has 0 amide bonds. The van der Waals surface area contributed by atoms with Gasteiger partial charge in [-0.05, 0) is 18.4 Å². The summed E-state index contributed by atoms with van der Waals surface area (Å²) >= 11 is 0. The first-order valence-corrected chi connectivity index (χ1v) is 4.55. The molecule has 0 heterocycles. The molecule has 4 atom stereocenters. The highest BCUT2D eigenvalue weighted by Crippen LogP contribution is 2.51. The molecule has 1 fully saturated rings. The van der Waals surface area contributed by atoms with Crippen LogP contribution < -0.4 is 0 Å². The number of fused-ring (bicyclic) bond motifs is 1. The normalized spacial score (nSPS) is 41.8. The van der Waals surface area contributed by atoms with E-state index in [0.29, 0.717) is 17.9 Å². The fourth-order valence-electron chi connectivity index (χ4n) is 2.27. The Kier molecular flexibility index (Phi) is 2.12. The Morgan fingerprint density at radius 1 is 1.54 bits per heavy atom. The summed E-state index contributed by atoms with van der Waals surface area (Å²) in [5.41, 5.74) is 0. The van der Waals surface area contributed by atoms with Gasteiger partial charge >= 0.3 is 0 Å². The predicted octanol–water partition coefficient (Wildman–Crippen LogP) is 0.996. The summed E-state index contributed by atoms with van der Waals surface area (Å²) in [5.74, 6) is 1.79. The van der Waals surface area contributed by atoms with Crippen molar-refractivity contribution >= 4 is 6.29 Å². The highest BCUT2D eigenvalue weighted by atomic mass is 16.5. The molecule has 0 saturated heterocycles. The smallest absolute Gasteiger partial charge is 0.130 e. The molecule has 72 valence electrons. The van der Waals surface area contributed by atoms with E-state index in [4.69, 9.17) is 9.47 Å². The highest BCUT2D eigenvalue weighted by molar-refractivity contribution is 5.59. The minimum atomic E-state index is -0.0496. The van der Waals surface area contributed by atoms with Gasteiger partial charge in [0, 0.05) is 13.0 Å². The Morgan fingerprint density at radius 2 is 2.31 bits per heavy atom. The maximum Gasteiger partial charge on any atom is 0.130 e. The molecular weight excluding hydrogens is 168 g/mol. The molecule has 0 unspecified atom stereocenters. The summed E-state index contributed by atoms with van der Waals surface area (Å²) in [7, 11) is 3.34. The van der Waals surface area contributed by atoms with E-state index in [-0.39, 0.29) is 5.92 Å². The van der Waals surface area contributed by atoms with Crippen LogP contribution in [-0.2, 0) is 14.3 Å². The standard InChI is InChI=1S/C10H14O3/c1-12-9-4-8-7(10(8)13-2)3-6(9)5-11/h4-8,10H,3H2,1-2H3/t6-,7+,8-,10+/m0/s1. The molecular formula is C10H14O3. The topological polar surface area (TPSA) is 35.5 Å². The molecule has 0 aromatic carbocycles. The third kappa shape index (κ3) is 1.27. The van der Waals surface area contributed by atoms with Gasteiger partial charge in [0.1, 0.15) is 12.0 Å². The minimum Gasteiger partial charge on any atom is -0.501 e. The Morgan fingerprint density at radius 3 is 2.85 bits per heavy atom. The first-order chi connectivity index (χ1) is 6.31. The Bertz CT molecular complexity index is 247. The van der Waals surface area contributed by atoms with Crippen LogP contribution in [0.2, 0.25) is 0 Å². The fraction of sp³-hybridized carbons (Fsp3) is 0.700. The lowest BCUT2D eigenvalue weighted by Crippen LogP contribution is -2.12. The zero-order valence-electron chi connectivity index (χ0n) is 7.90. The summed E-state index contributed by atoms with van der Waals surface area (Å²) in [5, 5.41) is 0. The van der Waals surface area contributed by atoms with Crippen LogP contribution in [0.5, 0.6) is 0 Å². The molecule has 3 nitrogen and oxygen atoms in total. The van der Waals surface area contributed by atoms with Gasteiger partial charge in [-0.2, -0.15) is 0 Å². The average Bonchev–Trinajstić information content (AvgIpc) is 2.87. The molecule has 2 rings (SSSR count). The van der Waals surface area contributed by atoms with Crippen molar-refractivity contribution in [1.29, 1.82) is 0 Å². The van der Waals surface area contributed by atoms with Crippen molar-refractivity contribution in [1.82, 2.24) is 0 Å².